The smallest absolute Gasteiger partial charge is 0.335 e. The van der Waals surface area contributed by atoms with Crippen LogP contribution in [0.3, 0.4) is 0 Å². The number of pyridine rings is 1. The summed E-state index contributed by atoms with van der Waals surface area (Å²) >= 11 is 0. The molecule has 0 spiro atoms. The maximum atomic E-state index is 10.9. The molecule has 4 heteroatoms. The molecule has 0 aliphatic heterocycles. The number of methoxy groups -OCH3 is 1. The number of ether oxygens (including phenoxy) is 1. The Morgan fingerprint density at radius 1 is 1.35 bits per heavy atom. The lowest BCUT2D eigenvalue weighted by molar-refractivity contribution is 0.0697. The Bertz CT molecular complexity index is 538. The van der Waals surface area contributed by atoms with Gasteiger partial charge in [-0.1, -0.05) is 6.07 Å². The van der Waals surface area contributed by atoms with Crippen LogP contribution in [-0.4, -0.2) is 23.2 Å². The van der Waals surface area contributed by atoms with Crippen LogP contribution in [0.2, 0.25) is 0 Å². The van der Waals surface area contributed by atoms with Crippen molar-refractivity contribution in [3.63, 3.8) is 0 Å². The predicted molar refractivity (Wildman–Crippen MR) is 63.2 cm³/mol. The lowest BCUT2D eigenvalue weighted by atomic mass is 10.0. The Labute approximate surface area is 98.5 Å². The largest absolute Gasteiger partial charge is 0.496 e. The van der Waals surface area contributed by atoms with Gasteiger partial charge in [0, 0.05) is 23.5 Å². The van der Waals surface area contributed by atoms with Gasteiger partial charge in [-0.3, -0.25) is 4.98 Å². The molecule has 0 amide bonds. The number of nitrogens with zero attached hydrogens (tertiary/aromatic N) is 1. The second-order valence-electron chi connectivity index (χ2n) is 3.46. The van der Waals surface area contributed by atoms with Gasteiger partial charge in [0.25, 0.3) is 0 Å². The molecule has 0 aliphatic rings. The number of aromatic nitrogens is 1. The number of carbonyl (C=O) groups is 1. The highest BCUT2D eigenvalue weighted by molar-refractivity contribution is 5.90. The van der Waals surface area contributed by atoms with Crippen LogP contribution in [0.1, 0.15) is 10.4 Å². The topological polar surface area (TPSA) is 59.4 Å². The van der Waals surface area contributed by atoms with Crippen LogP contribution >= 0.6 is 0 Å². The van der Waals surface area contributed by atoms with E-state index < -0.39 is 5.97 Å². The van der Waals surface area contributed by atoms with Crippen LogP contribution < -0.4 is 4.74 Å². The van der Waals surface area contributed by atoms with Crippen molar-refractivity contribution in [2.75, 3.05) is 7.11 Å². The van der Waals surface area contributed by atoms with Gasteiger partial charge in [0.1, 0.15) is 5.75 Å². The summed E-state index contributed by atoms with van der Waals surface area (Å²) in [4.78, 5) is 14.9. The van der Waals surface area contributed by atoms with E-state index in [4.69, 9.17) is 9.84 Å². The molecule has 4 nitrogen and oxygen atoms in total. The monoisotopic (exact) mass is 229 g/mol. The fourth-order valence-corrected chi connectivity index (χ4v) is 1.59. The van der Waals surface area contributed by atoms with Crippen molar-refractivity contribution >= 4 is 5.97 Å². The Kier molecular flexibility index (Phi) is 3.05. The molecule has 1 heterocycles. The number of benzene rings is 1. The minimum Gasteiger partial charge on any atom is -0.496 e. The van der Waals surface area contributed by atoms with Crippen LogP contribution in [0, 0.1) is 0 Å². The summed E-state index contributed by atoms with van der Waals surface area (Å²) in [7, 11) is 1.55. The zero-order valence-electron chi connectivity index (χ0n) is 9.25. The first kappa shape index (κ1) is 11.1. The number of rotatable bonds is 3. The second kappa shape index (κ2) is 4.65. The highest BCUT2D eigenvalue weighted by Crippen LogP contribution is 2.30. The average molecular weight is 229 g/mol. The zero-order chi connectivity index (χ0) is 12.3. The summed E-state index contributed by atoms with van der Waals surface area (Å²) < 4.78 is 5.21. The molecule has 0 unspecified atom stereocenters. The molecule has 1 aromatic carbocycles. The minimum absolute atomic E-state index is 0.227. The molecule has 2 aromatic rings. The fourth-order valence-electron chi connectivity index (χ4n) is 1.59. The van der Waals surface area contributed by atoms with E-state index in [0.717, 1.165) is 11.1 Å². The molecule has 1 aromatic heterocycles. The number of aromatic carboxylic acids is 1. The van der Waals surface area contributed by atoms with Gasteiger partial charge in [0.05, 0.1) is 12.7 Å². The normalized spacial score (nSPS) is 9.94. The van der Waals surface area contributed by atoms with Crippen molar-refractivity contribution in [3.8, 4) is 16.9 Å². The number of carboxylic acids is 1. The van der Waals surface area contributed by atoms with Crippen molar-refractivity contribution in [1.82, 2.24) is 4.98 Å². The van der Waals surface area contributed by atoms with E-state index in [1.165, 1.54) is 6.07 Å². The number of carboxylic acid groups (broad SMARTS) is 1. The van der Waals surface area contributed by atoms with Crippen molar-refractivity contribution < 1.29 is 14.6 Å². The molecular weight excluding hydrogens is 218 g/mol. The molecule has 0 saturated heterocycles. The third kappa shape index (κ3) is 2.25. The van der Waals surface area contributed by atoms with Gasteiger partial charge in [-0.25, -0.2) is 4.79 Å². The van der Waals surface area contributed by atoms with E-state index in [9.17, 15) is 4.79 Å². The highest BCUT2D eigenvalue weighted by atomic mass is 16.5. The van der Waals surface area contributed by atoms with E-state index >= 15 is 0 Å². The Morgan fingerprint density at radius 3 is 2.76 bits per heavy atom. The first-order valence-electron chi connectivity index (χ1n) is 5.04. The third-order valence-electron chi connectivity index (χ3n) is 2.42. The van der Waals surface area contributed by atoms with Crippen molar-refractivity contribution in [3.05, 3.63) is 48.3 Å². The number of hydrogen-bond acceptors (Lipinski definition) is 3. The molecule has 0 fully saturated rings. The van der Waals surface area contributed by atoms with Gasteiger partial charge >= 0.3 is 5.97 Å². The predicted octanol–water partition coefficient (Wildman–Crippen LogP) is 2.46. The van der Waals surface area contributed by atoms with Crippen LogP contribution in [0.15, 0.2) is 42.7 Å². The van der Waals surface area contributed by atoms with E-state index in [1.807, 2.05) is 6.07 Å². The third-order valence-corrected chi connectivity index (χ3v) is 2.42. The summed E-state index contributed by atoms with van der Waals surface area (Å²) in [6, 6.07) is 8.39. The van der Waals surface area contributed by atoms with Gasteiger partial charge in [-0.05, 0) is 24.3 Å². The van der Waals surface area contributed by atoms with Crippen LogP contribution in [0.5, 0.6) is 5.75 Å². The Hall–Kier alpha value is -2.36. The molecule has 0 atom stereocenters. The quantitative estimate of drug-likeness (QED) is 0.878. The van der Waals surface area contributed by atoms with E-state index in [1.54, 1.807) is 37.7 Å². The summed E-state index contributed by atoms with van der Waals surface area (Å²) in [6.45, 7) is 0. The fraction of sp³-hybridized carbons (Fsp3) is 0.0769. The molecule has 0 bridgehead atoms. The van der Waals surface area contributed by atoms with Gasteiger partial charge in [0.2, 0.25) is 0 Å². The zero-order valence-corrected chi connectivity index (χ0v) is 9.25. The van der Waals surface area contributed by atoms with Crippen LogP contribution in [-0.2, 0) is 0 Å². The van der Waals surface area contributed by atoms with Crippen molar-refractivity contribution in [2.24, 2.45) is 0 Å². The molecule has 2 rings (SSSR count). The Balaban J connectivity index is 2.58. The minimum atomic E-state index is -0.960. The van der Waals surface area contributed by atoms with Crippen molar-refractivity contribution in [2.45, 2.75) is 0 Å². The van der Waals surface area contributed by atoms with Gasteiger partial charge in [-0.2, -0.15) is 0 Å². The van der Waals surface area contributed by atoms with Crippen LogP contribution in [0.25, 0.3) is 11.1 Å². The maximum absolute atomic E-state index is 10.9. The SMILES string of the molecule is COc1ccc(C(=O)O)cc1-c1cccnc1. The maximum Gasteiger partial charge on any atom is 0.335 e. The summed E-state index contributed by atoms with van der Waals surface area (Å²) in [6.07, 6.45) is 3.33. The summed E-state index contributed by atoms with van der Waals surface area (Å²) in [5.41, 5.74) is 1.78. The lowest BCUT2D eigenvalue weighted by Gasteiger charge is -2.09. The average Bonchev–Trinajstić information content (AvgIpc) is 2.39. The highest BCUT2D eigenvalue weighted by Gasteiger charge is 2.10. The van der Waals surface area contributed by atoms with Crippen LogP contribution in [0.4, 0.5) is 0 Å². The van der Waals surface area contributed by atoms with E-state index in [-0.39, 0.29) is 5.56 Å². The van der Waals surface area contributed by atoms with Gasteiger partial charge in [-0.15, -0.1) is 0 Å². The summed E-state index contributed by atoms with van der Waals surface area (Å²) in [5.74, 6) is -0.333. The Morgan fingerprint density at radius 2 is 2.18 bits per heavy atom. The standard InChI is InChI=1S/C13H11NO3/c1-17-12-5-4-9(13(15)16)7-11(12)10-3-2-6-14-8-10/h2-8H,1H3,(H,15,16). The van der Waals surface area contributed by atoms with Gasteiger partial charge in [0.15, 0.2) is 0 Å². The molecule has 86 valence electrons. The molecule has 0 radical (unpaired) electrons. The first-order valence-corrected chi connectivity index (χ1v) is 5.04. The van der Waals surface area contributed by atoms with E-state index in [0.29, 0.717) is 5.75 Å². The van der Waals surface area contributed by atoms with E-state index in [2.05, 4.69) is 4.98 Å². The van der Waals surface area contributed by atoms with Crippen molar-refractivity contribution in [1.29, 1.82) is 0 Å². The molecule has 1 N–H and O–H groups in total. The number of hydrogen-bond donors (Lipinski definition) is 1. The molecule has 17 heavy (non-hydrogen) atoms. The molecule has 0 saturated carbocycles. The lowest BCUT2D eigenvalue weighted by Crippen LogP contribution is -1.98. The van der Waals surface area contributed by atoms with Gasteiger partial charge < -0.3 is 9.84 Å². The summed E-state index contributed by atoms with van der Waals surface area (Å²) in [5, 5.41) is 8.96. The second-order valence-corrected chi connectivity index (χ2v) is 3.46. The first-order chi connectivity index (χ1) is 8.22. The molecular formula is C13H11NO3. The molecule has 0 aliphatic carbocycles.